The Morgan fingerprint density at radius 3 is 3.00 bits per heavy atom. The Hall–Kier alpha value is -2.51. The molecule has 0 radical (unpaired) electrons. The smallest absolute Gasteiger partial charge is 0.185 e. The Labute approximate surface area is 154 Å². The number of benzene rings is 1. The van der Waals surface area contributed by atoms with Crippen LogP contribution in [0.25, 0.3) is 27.3 Å². The van der Waals surface area contributed by atoms with E-state index in [2.05, 4.69) is 21.9 Å². The highest BCUT2D eigenvalue weighted by atomic mass is 32.1. The number of phenols is 1. The number of aromatic hydroxyl groups is 1. The third-order valence-corrected chi connectivity index (χ3v) is 6.07. The van der Waals surface area contributed by atoms with Crippen LogP contribution >= 0.6 is 11.3 Å². The number of hydrogen-bond donors (Lipinski definition) is 1. The molecule has 1 N–H and O–H groups in total. The van der Waals surface area contributed by atoms with Gasteiger partial charge in [-0.2, -0.15) is 0 Å². The minimum absolute atomic E-state index is 0.190. The molecule has 0 saturated heterocycles. The summed E-state index contributed by atoms with van der Waals surface area (Å²) in [4.78, 5) is 14.3. The molecule has 1 aliphatic rings. The summed E-state index contributed by atoms with van der Waals surface area (Å²) in [5.74, 6) is 0.718. The molecule has 7 heteroatoms. The Balaban J connectivity index is 1.68. The lowest BCUT2D eigenvalue weighted by atomic mass is 10.1. The van der Waals surface area contributed by atoms with Gasteiger partial charge in [-0.05, 0) is 37.1 Å². The largest absolute Gasteiger partial charge is 0.507 e. The van der Waals surface area contributed by atoms with Crippen molar-refractivity contribution in [2.45, 2.75) is 26.3 Å². The van der Waals surface area contributed by atoms with Crippen LogP contribution in [0.5, 0.6) is 5.75 Å². The van der Waals surface area contributed by atoms with Crippen molar-refractivity contribution in [3.05, 3.63) is 41.0 Å². The summed E-state index contributed by atoms with van der Waals surface area (Å²) in [7, 11) is 0. The fourth-order valence-electron chi connectivity index (χ4n) is 3.73. The Morgan fingerprint density at radius 2 is 2.15 bits per heavy atom. The van der Waals surface area contributed by atoms with Crippen molar-refractivity contribution in [1.82, 2.24) is 24.5 Å². The summed E-state index contributed by atoms with van der Waals surface area (Å²) in [5, 5.41) is 15.8. The van der Waals surface area contributed by atoms with Crippen molar-refractivity contribution in [1.29, 1.82) is 0 Å². The SMILES string of the molecule is CCCN1CCc2c(sc3ncn4nc(-c5ccccc5O)nc4c23)C1. The van der Waals surface area contributed by atoms with E-state index in [0.29, 0.717) is 11.4 Å². The number of thiophene rings is 1. The van der Waals surface area contributed by atoms with E-state index in [-0.39, 0.29) is 5.75 Å². The number of aromatic nitrogens is 4. The van der Waals surface area contributed by atoms with Gasteiger partial charge in [-0.15, -0.1) is 16.4 Å². The molecular formula is C19H19N5OS. The number of phenolic OH excluding ortho intramolecular Hbond substituents is 1. The van der Waals surface area contributed by atoms with Gasteiger partial charge in [0.15, 0.2) is 11.5 Å². The van der Waals surface area contributed by atoms with E-state index < -0.39 is 0 Å². The van der Waals surface area contributed by atoms with Gasteiger partial charge in [-0.3, -0.25) is 4.90 Å². The molecule has 6 nitrogen and oxygen atoms in total. The molecule has 4 aromatic rings. The van der Waals surface area contributed by atoms with Crippen molar-refractivity contribution < 1.29 is 5.11 Å². The Bertz CT molecular complexity index is 1120. The molecule has 0 atom stereocenters. The molecule has 4 heterocycles. The van der Waals surface area contributed by atoms with Crippen LogP contribution in [0.2, 0.25) is 0 Å². The monoisotopic (exact) mass is 365 g/mol. The normalized spacial score (nSPS) is 15.0. The molecular weight excluding hydrogens is 346 g/mol. The molecule has 5 rings (SSSR count). The summed E-state index contributed by atoms with van der Waals surface area (Å²) in [6, 6.07) is 7.17. The lowest BCUT2D eigenvalue weighted by Crippen LogP contribution is -2.30. The first kappa shape index (κ1) is 15.7. The Kier molecular flexibility index (Phi) is 3.65. The fraction of sp³-hybridized carbons (Fsp3) is 0.316. The van der Waals surface area contributed by atoms with Crippen molar-refractivity contribution in [2.24, 2.45) is 0 Å². The minimum Gasteiger partial charge on any atom is -0.507 e. The number of hydrogen-bond acceptors (Lipinski definition) is 6. The van der Waals surface area contributed by atoms with E-state index >= 15 is 0 Å². The van der Waals surface area contributed by atoms with E-state index in [1.165, 1.54) is 16.9 Å². The second-order valence-electron chi connectivity index (χ2n) is 6.68. The molecule has 0 unspecified atom stereocenters. The van der Waals surface area contributed by atoms with Crippen LogP contribution in [0.4, 0.5) is 0 Å². The van der Waals surface area contributed by atoms with E-state index in [4.69, 9.17) is 4.98 Å². The molecule has 0 amide bonds. The Morgan fingerprint density at radius 1 is 1.27 bits per heavy atom. The van der Waals surface area contributed by atoms with Crippen molar-refractivity contribution in [3.63, 3.8) is 0 Å². The summed E-state index contributed by atoms with van der Waals surface area (Å²) in [5.41, 5.74) is 2.84. The molecule has 3 aromatic heterocycles. The third kappa shape index (κ3) is 2.39. The third-order valence-electron chi connectivity index (χ3n) is 4.94. The van der Waals surface area contributed by atoms with Gasteiger partial charge < -0.3 is 5.11 Å². The zero-order valence-electron chi connectivity index (χ0n) is 14.5. The zero-order chi connectivity index (χ0) is 17.7. The summed E-state index contributed by atoms with van der Waals surface area (Å²) in [6.45, 7) is 5.44. The molecule has 132 valence electrons. The predicted molar refractivity (Wildman–Crippen MR) is 103 cm³/mol. The maximum absolute atomic E-state index is 10.1. The van der Waals surface area contributed by atoms with E-state index in [1.54, 1.807) is 34.3 Å². The topological polar surface area (TPSA) is 66.6 Å². The molecule has 0 fully saturated rings. The van der Waals surface area contributed by atoms with Gasteiger partial charge in [0.05, 0.1) is 10.9 Å². The van der Waals surface area contributed by atoms with Crippen molar-refractivity contribution in [2.75, 3.05) is 13.1 Å². The maximum atomic E-state index is 10.1. The van der Waals surface area contributed by atoms with Gasteiger partial charge in [0.1, 0.15) is 16.9 Å². The number of para-hydroxylation sites is 1. The van der Waals surface area contributed by atoms with Gasteiger partial charge in [-0.25, -0.2) is 14.5 Å². The number of fused-ring (bicyclic) bond motifs is 5. The second kappa shape index (κ2) is 6.03. The average molecular weight is 365 g/mol. The summed E-state index contributed by atoms with van der Waals surface area (Å²) < 4.78 is 1.73. The van der Waals surface area contributed by atoms with Crippen LogP contribution in [0.3, 0.4) is 0 Å². The highest BCUT2D eigenvalue weighted by molar-refractivity contribution is 7.19. The maximum Gasteiger partial charge on any atom is 0.185 e. The van der Waals surface area contributed by atoms with Gasteiger partial charge in [0, 0.05) is 18.0 Å². The van der Waals surface area contributed by atoms with Crippen LogP contribution in [0.15, 0.2) is 30.6 Å². The first-order valence-electron chi connectivity index (χ1n) is 8.91. The molecule has 0 saturated carbocycles. The van der Waals surface area contributed by atoms with Crippen LogP contribution in [-0.4, -0.2) is 42.7 Å². The van der Waals surface area contributed by atoms with Crippen LogP contribution in [0, 0.1) is 0 Å². The second-order valence-corrected chi connectivity index (χ2v) is 7.76. The van der Waals surface area contributed by atoms with Gasteiger partial charge in [-0.1, -0.05) is 19.1 Å². The average Bonchev–Trinajstić information content (AvgIpc) is 3.22. The summed E-state index contributed by atoms with van der Waals surface area (Å²) in [6.07, 6.45) is 3.92. The van der Waals surface area contributed by atoms with Crippen LogP contribution in [0.1, 0.15) is 23.8 Å². The first-order chi connectivity index (χ1) is 12.7. The van der Waals surface area contributed by atoms with Crippen LogP contribution < -0.4 is 0 Å². The first-order valence-corrected chi connectivity index (χ1v) is 9.72. The quantitative estimate of drug-likeness (QED) is 0.602. The van der Waals surface area contributed by atoms with Crippen LogP contribution in [-0.2, 0) is 13.0 Å². The highest BCUT2D eigenvalue weighted by Crippen LogP contribution is 2.36. The molecule has 0 bridgehead atoms. The predicted octanol–water partition coefficient (Wildman–Crippen LogP) is 3.48. The summed E-state index contributed by atoms with van der Waals surface area (Å²) >= 11 is 1.77. The minimum atomic E-state index is 0.190. The van der Waals surface area contributed by atoms with Crippen molar-refractivity contribution >= 4 is 27.2 Å². The van der Waals surface area contributed by atoms with Gasteiger partial charge in [0.25, 0.3) is 0 Å². The van der Waals surface area contributed by atoms with Crippen molar-refractivity contribution in [3.8, 4) is 17.1 Å². The molecule has 0 spiro atoms. The lowest BCUT2D eigenvalue weighted by Gasteiger charge is -2.26. The molecule has 1 aromatic carbocycles. The highest BCUT2D eigenvalue weighted by Gasteiger charge is 2.24. The van der Waals surface area contributed by atoms with E-state index in [1.807, 2.05) is 12.1 Å². The standard InChI is InChI=1S/C19H19N5OS/c1-2-8-23-9-7-13-15(10-23)26-19-16(13)18-21-17(22-24(18)11-20-19)12-5-3-4-6-14(12)25/h3-6,11,25H,2,7-10H2,1H3. The van der Waals surface area contributed by atoms with E-state index in [9.17, 15) is 5.11 Å². The molecule has 26 heavy (non-hydrogen) atoms. The van der Waals surface area contributed by atoms with Gasteiger partial charge in [0.2, 0.25) is 0 Å². The molecule has 0 aliphatic carbocycles. The molecule has 1 aliphatic heterocycles. The zero-order valence-corrected chi connectivity index (χ0v) is 15.3. The fourth-order valence-corrected chi connectivity index (χ4v) is 4.95. The van der Waals surface area contributed by atoms with E-state index in [0.717, 1.165) is 41.9 Å². The van der Waals surface area contributed by atoms with Gasteiger partial charge >= 0.3 is 0 Å². The lowest BCUT2D eigenvalue weighted by molar-refractivity contribution is 0.258. The number of rotatable bonds is 3. The number of nitrogens with zero attached hydrogens (tertiary/aromatic N) is 5.